The summed E-state index contributed by atoms with van der Waals surface area (Å²) in [5, 5.41) is 2.60. The number of ether oxygens (including phenoxy) is 1. The number of hydrogen-bond acceptors (Lipinski definition) is 7. The van der Waals surface area contributed by atoms with Crippen LogP contribution in [0, 0.1) is 0 Å². The predicted molar refractivity (Wildman–Crippen MR) is 111 cm³/mol. The van der Waals surface area contributed by atoms with Crippen molar-refractivity contribution in [3.63, 3.8) is 0 Å². The monoisotopic (exact) mass is 432 g/mol. The number of nitrogens with two attached hydrogens (primary N) is 1. The van der Waals surface area contributed by atoms with E-state index < -0.39 is 28.1 Å². The van der Waals surface area contributed by atoms with Crippen LogP contribution in [0.1, 0.15) is 19.8 Å². The number of pyridine rings is 1. The zero-order valence-corrected chi connectivity index (χ0v) is 17.6. The SMILES string of the molecule is COC(=O)[C@H]1CCCN1S(=O)(=O)c1ccc(-c2ccc(NC(=O)C(C)N)nc2)cc1. The molecule has 10 heteroatoms. The molecule has 2 aromatic rings. The molecule has 1 aliphatic heterocycles. The molecule has 1 amide bonds. The number of benzene rings is 1. The van der Waals surface area contributed by atoms with Crippen LogP contribution in [0.15, 0.2) is 47.5 Å². The van der Waals surface area contributed by atoms with Gasteiger partial charge < -0.3 is 15.8 Å². The normalized spacial score (nSPS) is 18.0. The van der Waals surface area contributed by atoms with Gasteiger partial charge in [0.05, 0.1) is 18.0 Å². The Hall–Kier alpha value is -2.82. The van der Waals surface area contributed by atoms with Gasteiger partial charge >= 0.3 is 5.97 Å². The van der Waals surface area contributed by atoms with E-state index in [1.54, 1.807) is 37.4 Å². The lowest BCUT2D eigenvalue weighted by molar-refractivity contribution is -0.144. The van der Waals surface area contributed by atoms with E-state index in [2.05, 4.69) is 10.3 Å². The third kappa shape index (κ3) is 4.50. The number of hydrogen-bond donors (Lipinski definition) is 2. The molecule has 1 aromatic carbocycles. The van der Waals surface area contributed by atoms with Crippen LogP contribution in [0.3, 0.4) is 0 Å². The van der Waals surface area contributed by atoms with Crippen molar-refractivity contribution >= 4 is 27.7 Å². The van der Waals surface area contributed by atoms with Gasteiger partial charge in [0, 0.05) is 18.3 Å². The van der Waals surface area contributed by atoms with Gasteiger partial charge in [-0.25, -0.2) is 13.4 Å². The van der Waals surface area contributed by atoms with E-state index in [0.29, 0.717) is 18.7 Å². The number of esters is 1. The molecule has 0 spiro atoms. The first-order valence-electron chi connectivity index (χ1n) is 9.46. The molecule has 2 atom stereocenters. The Kier molecular flexibility index (Phi) is 6.49. The van der Waals surface area contributed by atoms with Crippen LogP contribution < -0.4 is 11.1 Å². The van der Waals surface area contributed by atoms with E-state index in [1.165, 1.54) is 23.5 Å². The molecule has 1 aliphatic rings. The first-order chi connectivity index (χ1) is 14.2. The summed E-state index contributed by atoms with van der Waals surface area (Å²) in [4.78, 5) is 27.8. The molecule has 0 radical (unpaired) electrons. The molecular weight excluding hydrogens is 408 g/mol. The number of sulfonamides is 1. The van der Waals surface area contributed by atoms with Crippen molar-refractivity contribution in [1.29, 1.82) is 0 Å². The minimum Gasteiger partial charge on any atom is -0.468 e. The van der Waals surface area contributed by atoms with Gasteiger partial charge in [-0.15, -0.1) is 0 Å². The molecule has 1 fully saturated rings. The van der Waals surface area contributed by atoms with Crippen molar-refractivity contribution in [2.45, 2.75) is 36.7 Å². The summed E-state index contributed by atoms with van der Waals surface area (Å²) in [7, 11) is -2.56. The molecular formula is C20H24N4O5S. The van der Waals surface area contributed by atoms with Gasteiger partial charge in [0.2, 0.25) is 15.9 Å². The summed E-state index contributed by atoms with van der Waals surface area (Å²) in [5.41, 5.74) is 7.03. The molecule has 0 saturated carbocycles. The summed E-state index contributed by atoms with van der Waals surface area (Å²) < 4.78 is 31.9. The maximum absolute atomic E-state index is 13.0. The van der Waals surface area contributed by atoms with Crippen LogP contribution in [0.5, 0.6) is 0 Å². The second-order valence-corrected chi connectivity index (χ2v) is 8.92. The highest BCUT2D eigenvalue weighted by Crippen LogP contribution is 2.28. The fourth-order valence-electron chi connectivity index (χ4n) is 3.23. The van der Waals surface area contributed by atoms with Crippen molar-refractivity contribution in [3.8, 4) is 11.1 Å². The van der Waals surface area contributed by atoms with Crippen LogP contribution in [0.4, 0.5) is 5.82 Å². The molecule has 3 rings (SSSR count). The number of aromatic nitrogens is 1. The quantitative estimate of drug-likeness (QED) is 0.659. The van der Waals surface area contributed by atoms with Crippen LogP contribution >= 0.6 is 0 Å². The first kappa shape index (κ1) is 21.9. The van der Waals surface area contributed by atoms with Gasteiger partial charge in [-0.2, -0.15) is 4.31 Å². The summed E-state index contributed by atoms with van der Waals surface area (Å²) in [6.07, 6.45) is 2.63. The van der Waals surface area contributed by atoms with Crippen molar-refractivity contribution in [3.05, 3.63) is 42.6 Å². The molecule has 1 unspecified atom stereocenters. The minimum absolute atomic E-state index is 0.107. The molecule has 30 heavy (non-hydrogen) atoms. The number of carbonyl (C=O) groups excluding carboxylic acids is 2. The van der Waals surface area contributed by atoms with Crippen molar-refractivity contribution in [2.75, 3.05) is 19.0 Å². The number of methoxy groups -OCH3 is 1. The van der Waals surface area contributed by atoms with Gasteiger partial charge in [0.1, 0.15) is 11.9 Å². The maximum Gasteiger partial charge on any atom is 0.324 e. The minimum atomic E-state index is -3.81. The highest BCUT2D eigenvalue weighted by atomic mass is 32.2. The number of nitrogens with zero attached hydrogens (tertiary/aromatic N) is 2. The smallest absolute Gasteiger partial charge is 0.324 e. The number of rotatable bonds is 6. The molecule has 9 nitrogen and oxygen atoms in total. The predicted octanol–water partition coefficient (Wildman–Crippen LogP) is 1.36. The Morgan fingerprint density at radius 1 is 1.20 bits per heavy atom. The lowest BCUT2D eigenvalue weighted by Gasteiger charge is -2.22. The standard InChI is InChI=1S/C20H24N4O5S/c1-13(21)19(25)23-18-10-7-15(12-22-18)14-5-8-16(9-6-14)30(27,28)24-11-3-4-17(24)20(26)29-2/h5-10,12-13,17H,3-4,11,21H2,1-2H3,(H,22,23,25)/t13?,17-/m1/s1. The molecule has 1 saturated heterocycles. The maximum atomic E-state index is 13.0. The molecule has 160 valence electrons. The molecule has 0 bridgehead atoms. The fourth-order valence-corrected chi connectivity index (χ4v) is 4.88. The van der Waals surface area contributed by atoms with Crippen molar-refractivity contribution in [2.24, 2.45) is 5.73 Å². The summed E-state index contributed by atoms with van der Waals surface area (Å²) >= 11 is 0. The number of amides is 1. The summed E-state index contributed by atoms with van der Waals surface area (Å²) in [6, 6.07) is 8.33. The Morgan fingerprint density at radius 2 is 1.87 bits per heavy atom. The van der Waals surface area contributed by atoms with Gasteiger partial charge in [0.25, 0.3) is 0 Å². The lowest BCUT2D eigenvalue weighted by Crippen LogP contribution is -2.40. The van der Waals surface area contributed by atoms with Crippen molar-refractivity contribution in [1.82, 2.24) is 9.29 Å². The third-order valence-electron chi connectivity index (χ3n) is 4.90. The van der Waals surface area contributed by atoms with E-state index in [4.69, 9.17) is 10.5 Å². The average Bonchev–Trinajstić information content (AvgIpc) is 3.24. The summed E-state index contributed by atoms with van der Waals surface area (Å²) in [6.45, 7) is 1.86. The number of nitrogens with one attached hydrogen (secondary N) is 1. The zero-order valence-electron chi connectivity index (χ0n) is 16.7. The highest BCUT2D eigenvalue weighted by Gasteiger charge is 2.40. The molecule has 1 aromatic heterocycles. The topological polar surface area (TPSA) is 132 Å². The Balaban J connectivity index is 1.77. The molecule has 0 aliphatic carbocycles. The zero-order chi connectivity index (χ0) is 21.9. The molecule has 3 N–H and O–H groups in total. The largest absolute Gasteiger partial charge is 0.468 e. The highest BCUT2D eigenvalue weighted by molar-refractivity contribution is 7.89. The Bertz CT molecular complexity index is 1020. The summed E-state index contributed by atoms with van der Waals surface area (Å²) in [5.74, 6) is -0.505. The first-order valence-corrected chi connectivity index (χ1v) is 10.9. The second-order valence-electron chi connectivity index (χ2n) is 7.03. The van der Waals surface area contributed by atoms with E-state index in [0.717, 1.165) is 11.1 Å². The Morgan fingerprint density at radius 3 is 2.43 bits per heavy atom. The Labute approximate surface area is 175 Å². The van der Waals surface area contributed by atoms with Gasteiger partial charge in [-0.1, -0.05) is 12.1 Å². The average molecular weight is 433 g/mol. The fraction of sp³-hybridized carbons (Fsp3) is 0.350. The van der Waals surface area contributed by atoms with Gasteiger partial charge in [-0.3, -0.25) is 9.59 Å². The van der Waals surface area contributed by atoms with Crippen LogP contribution in [0.2, 0.25) is 0 Å². The van der Waals surface area contributed by atoms with Gasteiger partial charge in [0.15, 0.2) is 0 Å². The number of anilines is 1. The van der Waals surface area contributed by atoms with Crippen LogP contribution in [-0.2, 0) is 24.3 Å². The van der Waals surface area contributed by atoms with E-state index in [1.807, 2.05) is 0 Å². The van der Waals surface area contributed by atoms with E-state index in [-0.39, 0.29) is 17.3 Å². The van der Waals surface area contributed by atoms with Crippen LogP contribution in [-0.4, -0.2) is 55.3 Å². The lowest BCUT2D eigenvalue weighted by atomic mass is 10.1. The third-order valence-corrected chi connectivity index (χ3v) is 6.82. The van der Waals surface area contributed by atoms with E-state index in [9.17, 15) is 18.0 Å². The van der Waals surface area contributed by atoms with Crippen LogP contribution in [0.25, 0.3) is 11.1 Å². The number of carbonyl (C=O) groups is 2. The van der Waals surface area contributed by atoms with Gasteiger partial charge in [-0.05, 0) is 49.6 Å². The molecule has 2 heterocycles. The second kappa shape index (κ2) is 8.90. The van der Waals surface area contributed by atoms with Crippen molar-refractivity contribution < 1.29 is 22.7 Å². The van der Waals surface area contributed by atoms with E-state index >= 15 is 0 Å².